The van der Waals surface area contributed by atoms with Crippen LogP contribution in [-0.4, -0.2) is 25.7 Å². The second-order valence-electron chi connectivity index (χ2n) is 8.58. The minimum absolute atomic E-state index is 0.111. The van der Waals surface area contributed by atoms with Gasteiger partial charge in [0.05, 0.1) is 29.0 Å². The fraction of sp³-hybridized carbons (Fsp3) is 0.400. The number of hydrogen-bond donors (Lipinski definition) is 2. The Balaban J connectivity index is 1.83. The molecule has 3 aromatic rings. The van der Waals surface area contributed by atoms with Crippen LogP contribution in [-0.2, 0) is 41.1 Å². The van der Waals surface area contributed by atoms with Crippen molar-refractivity contribution in [3.05, 3.63) is 56.4 Å². The standard InChI is InChI=1S/C25H26N2O5/c1-4-7-14-20(28)9-8-18-21(14)13(5-2)15-11-27-19(22(15)26-18)10-17-16(23(27)29)12-32-24(30)25(17,31)6-3/h8-10,28,31H,4-7,11-12H2,1-3H3/t25-/m0/s1. The van der Waals surface area contributed by atoms with Crippen molar-refractivity contribution in [1.82, 2.24) is 9.55 Å². The van der Waals surface area contributed by atoms with Crippen LogP contribution in [0.25, 0.3) is 22.3 Å². The van der Waals surface area contributed by atoms with Crippen molar-refractivity contribution in [3.63, 3.8) is 0 Å². The average Bonchev–Trinajstić information content (AvgIpc) is 3.16. The second-order valence-corrected chi connectivity index (χ2v) is 8.58. The molecule has 7 nitrogen and oxygen atoms in total. The van der Waals surface area contributed by atoms with E-state index in [1.165, 1.54) is 0 Å². The van der Waals surface area contributed by atoms with E-state index in [0.717, 1.165) is 46.9 Å². The lowest BCUT2D eigenvalue weighted by Gasteiger charge is -2.31. The number of aromatic nitrogens is 2. The van der Waals surface area contributed by atoms with Gasteiger partial charge in [-0.25, -0.2) is 9.78 Å². The SMILES string of the molecule is CCCc1c(O)ccc2nc3c(c(CC)c12)Cn1c-3cc2c(c1=O)COC(=O)[C@]2(O)CC. The zero-order valence-corrected chi connectivity index (χ0v) is 18.5. The molecule has 7 heteroatoms. The molecular formula is C25H26N2O5. The van der Waals surface area contributed by atoms with Crippen LogP contribution in [0.15, 0.2) is 23.0 Å². The highest BCUT2D eigenvalue weighted by atomic mass is 16.6. The van der Waals surface area contributed by atoms with Gasteiger partial charge in [-0.3, -0.25) is 4.79 Å². The van der Waals surface area contributed by atoms with Crippen molar-refractivity contribution in [3.8, 4) is 17.1 Å². The molecule has 5 rings (SSSR count). The van der Waals surface area contributed by atoms with Gasteiger partial charge in [0, 0.05) is 22.1 Å². The van der Waals surface area contributed by atoms with E-state index in [-0.39, 0.29) is 24.3 Å². The molecule has 2 N–H and O–H groups in total. The van der Waals surface area contributed by atoms with Gasteiger partial charge in [0.15, 0.2) is 5.60 Å². The van der Waals surface area contributed by atoms with Crippen LogP contribution in [0.4, 0.5) is 0 Å². The van der Waals surface area contributed by atoms with E-state index in [1.54, 1.807) is 23.6 Å². The van der Waals surface area contributed by atoms with E-state index in [1.807, 2.05) is 6.07 Å². The molecule has 2 aliphatic rings. The third-order valence-electron chi connectivity index (χ3n) is 6.91. The molecule has 0 fully saturated rings. The lowest BCUT2D eigenvalue weighted by Crippen LogP contribution is -2.44. The number of aromatic hydroxyl groups is 1. The van der Waals surface area contributed by atoms with E-state index < -0.39 is 11.6 Å². The summed E-state index contributed by atoms with van der Waals surface area (Å²) in [6.45, 7) is 6.05. The number of cyclic esters (lactones) is 1. The number of aryl methyl sites for hydroxylation is 2. The molecule has 0 spiro atoms. The number of benzene rings is 1. The lowest BCUT2D eigenvalue weighted by molar-refractivity contribution is -0.172. The van der Waals surface area contributed by atoms with Gasteiger partial charge in [-0.2, -0.15) is 0 Å². The van der Waals surface area contributed by atoms with Crippen LogP contribution < -0.4 is 5.56 Å². The molecule has 32 heavy (non-hydrogen) atoms. The van der Waals surface area contributed by atoms with Crippen LogP contribution in [0.2, 0.25) is 0 Å². The molecule has 0 aliphatic carbocycles. The van der Waals surface area contributed by atoms with Gasteiger partial charge in [0.1, 0.15) is 12.4 Å². The first kappa shape index (κ1) is 20.7. The Morgan fingerprint density at radius 1 is 1.16 bits per heavy atom. The number of carbonyl (C=O) groups is 1. The summed E-state index contributed by atoms with van der Waals surface area (Å²) >= 11 is 0. The Kier molecular flexibility index (Phi) is 4.64. The van der Waals surface area contributed by atoms with Crippen LogP contribution in [0.3, 0.4) is 0 Å². The predicted molar refractivity (Wildman–Crippen MR) is 120 cm³/mol. The highest BCUT2D eigenvalue weighted by Crippen LogP contribution is 2.42. The molecule has 0 radical (unpaired) electrons. The average molecular weight is 434 g/mol. The third-order valence-corrected chi connectivity index (χ3v) is 6.91. The largest absolute Gasteiger partial charge is 0.508 e. The molecule has 2 aliphatic heterocycles. The van der Waals surface area contributed by atoms with E-state index in [4.69, 9.17) is 9.72 Å². The van der Waals surface area contributed by atoms with Gasteiger partial charge in [0.2, 0.25) is 0 Å². The molecule has 4 heterocycles. The maximum atomic E-state index is 13.4. The summed E-state index contributed by atoms with van der Waals surface area (Å²) in [5, 5.41) is 22.5. The number of phenolic OH excluding ortho intramolecular Hbond substituents is 1. The molecule has 0 saturated carbocycles. The molecule has 166 valence electrons. The van der Waals surface area contributed by atoms with Gasteiger partial charge in [0.25, 0.3) is 5.56 Å². The molecule has 1 atom stereocenters. The molecule has 2 aromatic heterocycles. The Morgan fingerprint density at radius 2 is 1.94 bits per heavy atom. The molecule has 1 aromatic carbocycles. The smallest absolute Gasteiger partial charge is 0.343 e. The fourth-order valence-electron chi connectivity index (χ4n) is 5.22. The van der Waals surface area contributed by atoms with Gasteiger partial charge >= 0.3 is 5.97 Å². The van der Waals surface area contributed by atoms with Crippen molar-refractivity contribution >= 4 is 16.9 Å². The quantitative estimate of drug-likeness (QED) is 0.478. The van der Waals surface area contributed by atoms with Crippen LogP contribution in [0, 0.1) is 0 Å². The number of esters is 1. The van der Waals surface area contributed by atoms with E-state index in [0.29, 0.717) is 29.1 Å². The van der Waals surface area contributed by atoms with E-state index in [9.17, 15) is 19.8 Å². The Morgan fingerprint density at radius 3 is 2.62 bits per heavy atom. The van der Waals surface area contributed by atoms with Crippen LogP contribution in [0.5, 0.6) is 5.75 Å². The normalized spacial score (nSPS) is 18.9. The van der Waals surface area contributed by atoms with Crippen molar-refractivity contribution in [1.29, 1.82) is 0 Å². The second kappa shape index (κ2) is 7.17. The van der Waals surface area contributed by atoms with Crippen molar-refractivity contribution in [2.24, 2.45) is 0 Å². The van der Waals surface area contributed by atoms with Gasteiger partial charge in [-0.05, 0) is 43.0 Å². The first-order valence-corrected chi connectivity index (χ1v) is 11.2. The number of rotatable bonds is 4. The van der Waals surface area contributed by atoms with Gasteiger partial charge in [-0.1, -0.05) is 27.2 Å². The summed E-state index contributed by atoms with van der Waals surface area (Å²) < 4.78 is 6.80. The van der Waals surface area contributed by atoms with Gasteiger partial charge < -0.3 is 19.5 Å². The highest BCUT2D eigenvalue weighted by molar-refractivity contribution is 5.92. The monoisotopic (exact) mass is 434 g/mol. The summed E-state index contributed by atoms with van der Waals surface area (Å²) in [6, 6.07) is 5.22. The third kappa shape index (κ3) is 2.60. The summed E-state index contributed by atoms with van der Waals surface area (Å²) in [7, 11) is 0. The number of nitrogens with zero attached hydrogens (tertiary/aromatic N) is 2. The number of carbonyl (C=O) groups excluding carboxylic acids is 1. The predicted octanol–water partition coefficient (Wildman–Crippen LogP) is 3.30. The summed E-state index contributed by atoms with van der Waals surface area (Å²) in [5.41, 5.74) is 3.51. The summed E-state index contributed by atoms with van der Waals surface area (Å²) in [4.78, 5) is 30.7. The fourth-order valence-corrected chi connectivity index (χ4v) is 5.22. The van der Waals surface area contributed by atoms with E-state index in [2.05, 4.69) is 13.8 Å². The topological polar surface area (TPSA) is 102 Å². The number of phenols is 1. The maximum Gasteiger partial charge on any atom is 0.343 e. The number of fused-ring (bicyclic) bond motifs is 5. The van der Waals surface area contributed by atoms with E-state index >= 15 is 0 Å². The summed E-state index contributed by atoms with van der Waals surface area (Å²) in [6.07, 6.45) is 2.47. The van der Waals surface area contributed by atoms with Crippen molar-refractivity contribution in [2.75, 3.05) is 0 Å². The Bertz CT molecular complexity index is 1360. The molecule has 0 amide bonds. The first-order valence-electron chi connectivity index (χ1n) is 11.2. The summed E-state index contributed by atoms with van der Waals surface area (Å²) in [5.74, 6) is -0.460. The van der Waals surface area contributed by atoms with Gasteiger partial charge in [-0.15, -0.1) is 0 Å². The number of aliphatic hydroxyl groups is 1. The molecular weight excluding hydrogens is 408 g/mol. The lowest BCUT2D eigenvalue weighted by atomic mass is 9.86. The zero-order chi connectivity index (χ0) is 22.8. The van der Waals surface area contributed by atoms with Crippen molar-refractivity contribution in [2.45, 2.75) is 65.2 Å². The van der Waals surface area contributed by atoms with Crippen LogP contribution in [0.1, 0.15) is 61.4 Å². The number of ether oxygens (including phenoxy) is 1. The number of pyridine rings is 2. The number of hydrogen-bond acceptors (Lipinski definition) is 6. The molecule has 0 unspecified atom stereocenters. The molecule has 0 saturated heterocycles. The first-order chi connectivity index (χ1) is 15.3. The van der Waals surface area contributed by atoms with Crippen LogP contribution >= 0.6 is 0 Å². The Labute approximate surface area is 185 Å². The zero-order valence-electron chi connectivity index (χ0n) is 18.5. The molecule has 0 bridgehead atoms. The van der Waals surface area contributed by atoms with Crippen molar-refractivity contribution < 1.29 is 19.7 Å². The minimum Gasteiger partial charge on any atom is -0.508 e. The Hall–Kier alpha value is -3.19. The maximum absolute atomic E-state index is 13.4. The highest BCUT2D eigenvalue weighted by Gasteiger charge is 2.45. The minimum atomic E-state index is -1.84.